The second-order valence-corrected chi connectivity index (χ2v) is 6.89. The Morgan fingerprint density at radius 2 is 1.56 bits per heavy atom. The summed E-state index contributed by atoms with van der Waals surface area (Å²) in [6.07, 6.45) is 1.00. The maximum atomic E-state index is 6.22. The molecule has 3 rings (SSSR count). The van der Waals surface area contributed by atoms with Crippen molar-refractivity contribution in [2.45, 2.75) is 19.6 Å². The Balaban J connectivity index is 0.00000261. The molecule has 0 saturated carbocycles. The molecule has 0 spiro atoms. The first kappa shape index (κ1) is 21.6. The summed E-state index contributed by atoms with van der Waals surface area (Å²) in [6, 6.07) is 24.0. The maximum absolute atomic E-state index is 6.22. The Morgan fingerprint density at radius 3 is 2.33 bits per heavy atom. The molecule has 0 aliphatic carbocycles. The molecule has 5 heteroatoms. The summed E-state index contributed by atoms with van der Waals surface area (Å²) in [7, 11) is 0. The fraction of sp³-hybridized carbons (Fsp3) is 0.182. The highest BCUT2D eigenvalue weighted by molar-refractivity contribution is 6.35. The summed E-state index contributed by atoms with van der Waals surface area (Å²) in [4.78, 5) is 0. The number of rotatable bonds is 8. The van der Waals surface area contributed by atoms with Gasteiger partial charge in [0, 0.05) is 27.7 Å². The smallest absolute Gasteiger partial charge is 0.124 e. The Morgan fingerprint density at radius 1 is 0.815 bits per heavy atom. The zero-order chi connectivity index (χ0) is 18.2. The third kappa shape index (κ3) is 6.75. The van der Waals surface area contributed by atoms with Gasteiger partial charge in [-0.15, -0.1) is 12.4 Å². The van der Waals surface area contributed by atoms with Gasteiger partial charge in [-0.2, -0.15) is 0 Å². The van der Waals surface area contributed by atoms with Crippen molar-refractivity contribution in [2.75, 3.05) is 6.54 Å². The summed E-state index contributed by atoms with van der Waals surface area (Å²) in [6.45, 7) is 2.09. The van der Waals surface area contributed by atoms with Crippen LogP contribution < -0.4 is 10.1 Å². The molecular weight excluding hydrogens is 401 g/mol. The molecule has 0 atom stereocenters. The maximum Gasteiger partial charge on any atom is 0.124 e. The van der Waals surface area contributed by atoms with Crippen molar-refractivity contribution in [3.8, 4) is 5.75 Å². The molecule has 0 radical (unpaired) electrons. The van der Waals surface area contributed by atoms with E-state index in [2.05, 4.69) is 35.6 Å². The van der Waals surface area contributed by atoms with E-state index in [1.54, 1.807) is 6.07 Å². The molecule has 0 saturated heterocycles. The largest absolute Gasteiger partial charge is 0.489 e. The van der Waals surface area contributed by atoms with Gasteiger partial charge in [0.1, 0.15) is 12.4 Å². The molecule has 0 bridgehead atoms. The number of benzene rings is 3. The third-order valence-corrected chi connectivity index (χ3v) is 4.71. The first-order valence-electron chi connectivity index (χ1n) is 8.61. The Bertz CT molecular complexity index is 840. The summed E-state index contributed by atoms with van der Waals surface area (Å²) in [5.74, 6) is 0.866. The lowest BCUT2D eigenvalue weighted by atomic mass is 10.1. The highest BCUT2D eigenvalue weighted by Crippen LogP contribution is 2.24. The molecule has 0 fully saturated rings. The van der Waals surface area contributed by atoms with Crippen LogP contribution in [0.25, 0.3) is 0 Å². The molecule has 3 aromatic rings. The Labute approximate surface area is 176 Å². The second-order valence-electron chi connectivity index (χ2n) is 6.04. The van der Waals surface area contributed by atoms with E-state index in [1.165, 1.54) is 5.56 Å². The van der Waals surface area contributed by atoms with Gasteiger partial charge < -0.3 is 10.1 Å². The van der Waals surface area contributed by atoms with Gasteiger partial charge in [-0.1, -0.05) is 77.8 Å². The van der Waals surface area contributed by atoms with Gasteiger partial charge >= 0.3 is 0 Å². The van der Waals surface area contributed by atoms with Crippen LogP contribution in [0.5, 0.6) is 5.75 Å². The lowest BCUT2D eigenvalue weighted by Crippen LogP contribution is -2.17. The monoisotopic (exact) mass is 421 g/mol. The lowest BCUT2D eigenvalue weighted by Gasteiger charge is -2.13. The Hall–Kier alpha value is -1.71. The average molecular weight is 423 g/mol. The normalized spacial score (nSPS) is 10.3. The summed E-state index contributed by atoms with van der Waals surface area (Å²) in [5.41, 5.74) is 3.38. The van der Waals surface area contributed by atoms with Crippen molar-refractivity contribution < 1.29 is 4.74 Å². The highest BCUT2D eigenvalue weighted by atomic mass is 35.5. The van der Waals surface area contributed by atoms with Crippen LogP contribution in [0.2, 0.25) is 10.0 Å². The van der Waals surface area contributed by atoms with Gasteiger partial charge in [0.05, 0.1) is 0 Å². The molecule has 27 heavy (non-hydrogen) atoms. The second kappa shape index (κ2) is 11.2. The third-order valence-electron chi connectivity index (χ3n) is 4.12. The van der Waals surface area contributed by atoms with E-state index in [0.717, 1.165) is 36.4 Å². The zero-order valence-electron chi connectivity index (χ0n) is 14.8. The predicted molar refractivity (Wildman–Crippen MR) is 116 cm³/mol. The molecule has 3 aromatic carbocycles. The number of hydrogen-bond acceptors (Lipinski definition) is 2. The molecular formula is C22H22Cl3NO. The van der Waals surface area contributed by atoms with Gasteiger partial charge in [-0.05, 0) is 36.7 Å². The van der Waals surface area contributed by atoms with Crippen molar-refractivity contribution in [3.63, 3.8) is 0 Å². The molecule has 0 aromatic heterocycles. The zero-order valence-corrected chi connectivity index (χ0v) is 17.2. The highest BCUT2D eigenvalue weighted by Gasteiger charge is 2.06. The van der Waals surface area contributed by atoms with Gasteiger partial charge in [-0.25, -0.2) is 0 Å². The van der Waals surface area contributed by atoms with E-state index in [0.29, 0.717) is 16.7 Å². The molecule has 0 amide bonds. The number of nitrogens with one attached hydrogen (secondary N) is 1. The van der Waals surface area contributed by atoms with Crippen LogP contribution in [-0.2, 0) is 19.6 Å². The number of halogens is 3. The van der Waals surface area contributed by atoms with Crippen molar-refractivity contribution in [1.29, 1.82) is 0 Å². The van der Waals surface area contributed by atoms with Crippen LogP contribution in [0.4, 0.5) is 0 Å². The first-order chi connectivity index (χ1) is 12.7. The van der Waals surface area contributed by atoms with Crippen molar-refractivity contribution in [2.24, 2.45) is 0 Å². The number of para-hydroxylation sites is 1. The fourth-order valence-corrected chi connectivity index (χ4v) is 3.15. The van der Waals surface area contributed by atoms with Crippen molar-refractivity contribution in [3.05, 3.63) is 99.5 Å². The fourth-order valence-electron chi connectivity index (χ4n) is 2.69. The van der Waals surface area contributed by atoms with Crippen molar-refractivity contribution >= 4 is 35.6 Å². The molecule has 142 valence electrons. The molecule has 0 aliphatic heterocycles. The molecule has 1 N–H and O–H groups in total. The van der Waals surface area contributed by atoms with Crippen LogP contribution in [0.1, 0.15) is 16.7 Å². The Kier molecular flexibility index (Phi) is 8.96. The standard InChI is InChI=1S/C22H21Cl2NO.ClH/c23-20-11-10-19(21(24)14-20)16-26-22-9-5-4-8-18(22)15-25-13-12-17-6-2-1-3-7-17;/h1-11,14,25H,12-13,15-16H2;1H. The van der Waals surface area contributed by atoms with Crippen LogP contribution in [0.15, 0.2) is 72.8 Å². The number of hydrogen-bond donors (Lipinski definition) is 1. The summed E-state index contributed by atoms with van der Waals surface area (Å²) in [5, 5.41) is 4.73. The van der Waals surface area contributed by atoms with Gasteiger partial charge in [-0.3, -0.25) is 0 Å². The first-order valence-corrected chi connectivity index (χ1v) is 9.37. The molecule has 0 heterocycles. The topological polar surface area (TPSA) is 21.3 Å². The molecule has 0 unspecified atom stereocenters. The summed E-state index contributed by atoms with van der Waals surface area (Å²) >= 11 is 12.2. The average Bonchev–Trinajstić information content (AvgIpc) is 2.66. The van der Waals surface area contributed by atoms with Crippen LogP contribution in [-0.4, -0.2) is 6.54 Å². The number of ether oxygens (including phenoxy) is 1. The SMILES string of the molecule is Cl.Clc1ccc(COc2ccccc2CNCCc2ccccc2)c(Cl)c1. The minimum atomic E-state index is 0. The van der Waals surface area contributed by atoms with Gasteiger partial charge in [0.2, 0.25) is 0 Å². The van der Waals surface area contributed by atoms with Gasteiger partial charge in [0.25, 0.3) is 0 Å². The lowest BCUT2D eigenvalue weighted by molar-refractivity contribution is 0.302. The van der Waals surface area contributed by atoms with E-state index < -0.39 is 0 Å². The minimum Gasteiger partial charge on any atom is -0.489 e. The molecule has 2 nitrogen and oxygen atoms in total. The predicted octanol–water partition coefficient (Wildman–Crippen LogP) is 6.33. The quantitative estimate of drug-likeness (QED) is 0.428. The summed E-state index contributed by atoms with van der Waals surface area (Å²) < 4.78 is 5.99. The van der Waals surface area contributed by atoms with E-state index >= 15 is 0 Å². The van der Waals surface area contributed by atoms with Crippen molar-refractivity contribution in [1.82, 2.24) is 5.32 Å². The van der Waals surface area contributed by atoms with Crippen LogP contribution in [0.3, 0.4) is 0 Å². The van der Waals surface area contributed by atoms with Crippen LogP contribution in [0, 0.1) is 0 Å². The van der Waals surface area contributed by atoms with E-state index in [4.69, 9.17) is 27.9 Å². The van der Waals surface area contributed by atoms with Crippen LogP contribution >= 0.6 is 35.6 Å². The van der Waals surface area contributed by atoms with E-state index in [-0.39, 0.29) is 12.4 Å². The van der Waals surface area contributed by atoms with Gasteiger partial charge in [0.15, 0.2) is 0 Å². The molecule has 0 aliphatic rings. The van der Waals surface area contributed by atoms with E-state index in [1.807, 2.05) is 36.4 Å². The van der Waals surface area contributed by atoms with E-state index in [9.17, 15) is 0 Å². The minimum absolute atomic E-state index is 0.